The van der Waals surface area contributed by atoms with Crippen molar-refractivity contribution in [2.45, 2.75) is 13.1 Å². The van der Waals surface area contributed by atoms with Crippen LogP contribution in [-0.4, -0.2) is 23.5 Å². The Morgan fingerprint density at radius 1 is 0.806 bits per heavy atom. The molecule has 0 aliphatic carbocycles. The Bertz CT molecular complexity index is 1030. The van der Waals surface area contributed by atoms with Crippen LogP contribution in [-0.2, 0) is 17.9 Å². The molecule has 3 aromatic rings. The van der Waals surface area contributed by atoms with Gasteiger partial charge < -0.3 is 20.7 Å². The fraction of sp³-hybridized carbons (Fsp3) is 0.136. The molecule has 0 spiro atoms. The third kappa shape index (κ3) is 7.39. The van der Waals surface area contributed by atoms with E-state index in [1.165, 1.54) is 42.6 Å². The molecule has 0 saturated carbocycles. The minimum atomic E-state index is -0.515. The van der Waals surface area contributed by atoms with E-state index < -0.39 is 6.03 Å². The highest BCUT2D eigenvalue weighted by Gasteiger charge is 2.07. The fourth-order valence-corrected chi connectivity index (χ4v) is 2.51. The summed E-state index contributed by atoms with van der Waals surface area (Å²) < 4.78 is 31.4. The third-order valence-corrected chi connectivity index (χ3v) is 4.10. The van der Waals surface area contributed by atoms with Gasteiger partial charge in [0.05, 0.1) is 6.54 Å². The van der Waals surface area contributed by atoms with E-state index >= 15 is 0 Å². The van der Waals surface area contributed by atoms with E-state index in [2.05, 4.69) is 20.9 Å². The summed E-state index contributed by atoms with van der Waals surface area (Å²) in [5, 5.41) is 7.70. The molecule has 0 aliphatic rings. The SMILES string of the molecule is O=C(CNC(=O)NCc1ccc(F)cc1)NCc1ccnc(Oc2ccc(F)cc2)c1. The van der Waals surface area contributed by atoms with Gasteiger partial charge in [-0.25, -0.2) is 18.6 Å². The van der Waals surface area contributed by atoms with Gasteiger partial charge in [0.2, 0.25) is 11.8 Å². The number of nitrogens with one attached hydrogen (secondary N) is 3. The van der Waals surface area contributed by atoms with E-state index in [1.54, 1.807) is 24.3 Å². The van der Waals surface area contributed by atoms with Crippen LogP contribution in [0.5, 0.6) is 11.6 Å². The van der Waals surface area contributed by atoms with Crippen molar-refractivity contribution in [1.82, 2.24) is 20.9 Å². The molecule has 2 aromatic carbocycles. The van der Waals surface area contributed by atoms with Gasteiger partial charge in [-0.2, -0.15) is 0 Å². The molecule has 7 nitrogen and oxygen atoms in total. The Morgan fingerprint density at radius 2 is 1.45 bits per heavy atom. The minimum Gasteiger partial charge on any atom is -0.439 e. The summed E-state index contributed by atoms with van der Waals surface area (Å²) in [6.07, 6.45) is 1.53. The van der Waals surface area contributed by atoms with E-state index in [0.29, 0.717) is 11.6 Å². The number of hydrogen-bond donors (Lipinski definition) is 3. The number of pyridine rings is 1. The van der Waals surface area contributed by atoms with Crippen molar-refractivity contribution in [3.05, 3.63) is 89.6 Å². The molecule has 3 rings (SSSR count). The van der Waals surface area contributed by atoms with Crippen molar-refractivity contribution in [2.24, 2.45) is 0 Å². The lowest BCUT2D eigenvalue weighted by atomic mass is 10.2. The van der Waals surface area contributed by atoms with Crippen molar-refractivity contribution in [1.29, 1.82) is 0 Å². The molecule has 0 atom stereocenters. The molecule has 0 unspecified atom stereocenters. The van der Waals surface area contributed by atoms with Gasteiger partial charge in [-0.05, 0) is 53.6 Å². The first-order chi connectivity index (χ1) is 15.0. The van der Waals surface area contributed by atoms with E-state index in [0.717, 1.165) is 11.1 Å². The van der Waals surface area contributed by atoms with E-state index in [-0.39, 0.29) is 37.2 Å². The zero-order valence-corrected chi connectivity index (χ0v) is 16.4. The maximum atomic E-state index is 13.0. The number of ether oxygens (including phenoxy) is 1. The van der Waals surface area contributed by atoms with Gasteiger partial charge in [0.1, 0.15) is 17.4 Å². The lowest BCUT2D eigenvalue weighted by Crippen LogP contribution is -2.41. The molecular weight excluding hydrogens is 406 g/mol. The van der Waals surface area contributed by atoms with Crippen LogP contribution in [0.3, 0.4) is 0 Å². The number of rotatable bonds is 8. The topological polar surface area (TPSA) is 92.4 Å². The average Bonchev–Trinajstić information content (AvgIpc) is 2.78. The van der Waals surface area contributed by atoms with Crippen LogP contribution in [0.4, 0.5) is 13.6 Å². The van der Waals surface area contributed by atoms with Gasteiger partial charge in [-0.15, -0.1) is 0 Å². The Balaban J connectivity index is 1.39. The molecule has 0 saturated heterocycles. The zero-order valence-electron chi connectivity index (χ0n) is 16.4. The molecule has 9 heteroatoms. The number of carbonyl (C=O) groups is 2. The number of benzene rings is 2. The average molecular weight is 426 g/mol. The largest absolute Gasteiger partial charge is 0.439 e. The predicted molar refractivity (Wildman–Crippen MR) is 109 cm³/mol. The van der Waals surface area contributed by atoms with Crippen molar-refractivity contribution in [3.8, 4) is 11.6 Å². The quantitative estimate of drug-likeness (QED) is 0.516. The van der Waals surface area contributed by atoms with Crippen molar-refractivity contribution in [2.75, 3.05) is 6.54 Å². The molecule has 0 aliphatic heterocycles. The van der Waals surface area contributed by atoms with Crippen LogP contribution >= 0.6 is 0 Å². The Morgan fingerprint density at radius 3 is 2.16 bits per heavy atom. The molecular formula is C22H20F2N4O3. The third-order valence-electron chi connectivity index (χ3n) is 4.10. The first-order valence-corrected chi connectivity index (χ1v) is 9.39. The summed E-state index contributed by atoms with van der Waals surface area (Å²) in [4.78, 5) is 27.8. The first kappa shape index (κ1) is 21.7. The van der Waals surface area contributed by atoms with Crippen molar-refractivity contribution >= 4 is 11.9 Å². The highest BCUT2D eigenvalue weighted by Crippen LogP contribution is 2.20. The molecule has 0 fully saturated rings. The molecule has 3 amide bonds. The second-order valence-corrected chi connectivity index (χ2v) is 6.50. The molecule has 1 aromatic heterocycles. The lowest BCUT2D eigenvalue weighted by molar-refractivity contribution is -0.120. The van der Waals surface area contributed by atoms with E-state index in [9.17, 15) is 18.4 Å². The van der Waals surface area contributed by atoms with Crippen LogP contribution < -0.4 is 20.7 Å². The standard InChI is InChI=1S/C22H20F2N4O3/c23-17-3-1-15(2-4-17)12-27-22(30)28-14-20(29)26-13-16-9-10-25-21(11-16)31-19-7-5-18(24)6-8-19/h1-11H,12-14H2,(H,26,29)(H2,27,28,30). The van der Waals surface area contributed by atoms with Gasteiger partial charge >= 0.3 is 6.03 Å². The van der Waals surface area contributed by atoms with E-state index in [4.69, 9.17) is 4.74 Å². The van der Waals surface area contributed by atoms with Gasteiger partial charge in [-0.1, -0.05) is 12.1 Å². The van der Waals surface area contributed by atoms with Gasteiger partial charge in [0, 0.05) is 25.4 Å². The molecule has 0 radical (unpaired) electrons. The van der Waals surface area contributed by atoms with E-state index in [1.807, 2.05) is 0 Å². The number of carbonyl (C=O) groups excluding carboxylic acids is 2. The minimum absolute atomic E-state index is 0.208. The van der Waals surface area contributed by atoms with Gasteiger partial charge in [0.15, 0.2) is 0 Å². The molecule has 160 valence electrons. The maximum Gasteiger partial charge on any atom is 0.315 e. The van der Waals surface area contributed by atoms with Crippen LogP contribution in [0, 0.1) is 11.6 Å². The molecule has 31 heavy (non-hydrogen) atoms. The molecule has 0 bridgehead atoms. The summed E-state index contributed by atoms with van der Waals surface area (Å²) in [7, 11) is 0. The summed E-state index contributed by atoms with van der Waals surface area (Å²) in [5.41, 5.74) is 1.47. The lowest BCUT2D eigenvalue weighted by Gasteiger charge is -2.10. The number of nitrogens with zero attached hydrogens (tertiary/aromatic N) is 1. The van der Waals surface area contributed by atoms with Crippen molar-refractivity contribution in [3.63, 3.8) is 0 Å². The summed E-state index contributed by atoms with van der Waals surface area (Å²) in [6.45, 7) is 0.209. The predicted octanol–water partition coefficient (Wildman–Crippen LogP) is 3.27. The number of hydrogen-bond acceptors (Lipinski definition) is 4. The highest BCUT2D eigenvalue weighted by molar-refractivity contribution is 5.83. The van der Waals surface area contributed by atoms with Crippen LogP contribution in [0.1, 0.15) is 11.1 Å². The summed E-state index contributed by atoms with van der Waals surface area (Å²) >= 11 is 0. The first-order valence-electron chi connectivity index (χ1n) is 9.39. The number of urea groups is 1. The molecule has 1 heterocycles. The van der Waals surface area contributed by atoms with Gasteiger partial charge in [0.25, 0.3) is 0 Å². The summed E-state index contributed by atoms with van der Waals surface area (Å²) in [6, 6.07) is 14.1. The Labute approximate surface area is 177 Å². The van der Waals surface area contributed by atoms with Crippen LogP contribution in [0.2, 0.25) is 0 Å². The normalized spacial score (nSPS) is 10.3. The van der Waals surface area contributed by atoms with Crippen molar-refractivity contribution < 1.29 is 23.1 Å². The smallest absolute Gasteiger partial charge is 0.315 e. The van der Waals surface area contributed by atoms with Gasteiger partial charge in [-0.3, -0.25) is 4.79 Å². The highest BCUT2D eigenvalue weighted by atomic mass is 19.1. The van der Waals surface area contributed by atoms with Crippen LogP contribution in [0.25, 0.3) is 0 Å². The Hall–Kier alpha value is -4.01. The Kier molecular flexibility index (Phi) is 7.47. The maximum absolute atomic E-state index is 13.0. The zero-order chi connectivity index (χ0) is 22.1. The fourth-order valence-electron chi connectivity index (χ4n) is 2.51. The second-order valence-electron chi connectivity index (χ2n) is 6.50. The number of amides is 3. The second kappa shape index (κ2) is 10.7. The van der Waals surface area contributed by atoms with Crippen LogP contribution in [0.15, 0.2) is 66.9 Å². The number of halogens is 2. The summed E-state index contributed by atoms with van der Waals surface area (Å²) in [5.74, 6) is -0.361. The number of aromatic nitrogens is 1. The monoisotopic (exact) mass is 426 g/mol. The molecule has 3 N–H and O–H groups in total.